The van der Waals surface area contributed by atoms with E-state index in [1.807, 2.05) is 12.1 Å². The molecule has 282 valence electrons. The third-order valence-electron chi connectivity index (χ3n) is 8.13. The molecule has 0 aromatic heterocycles. The van der Waals surface area contributed by atoms with Crippen LogP contribution in [-0.2, 0) is 4.57 Å². The fourth-order valence-corrected chi connectivity index (χ4v) is 7.23. The summed E-state index contributed by atoms with van der Waals surface area (Å²) in [6.07, 6.45) is -1.76. The van der Waals surface area contributed by atoms with Crippen molar-refractivity contribution in [2.24, 2.45) is 0 Å². The van der Waals surface area contributed by atoms with Crippen molar-refractivity contribution >= 4 is 19.2 Å². The summed E-state index contributed by atoms with van der Waals surface area (Å²) >= 11 is 0. The molecule has 0 heterocycles. The Kier molecular flexibility index (Phi) is 12.2. The highest BCUT2D eigenvalue weighted by Crippen LogP contribution is 2.62. The van der Waals surface area contributed by atoms with E-state index in [2.05, 4.69) is 13.2 Å². The molecule has 0 aliphatic heterocycles. The van der Waals surface area contributed by atoms with Crippen LogP contribution >= 0.6 is 7.60 Å². The first kappa shape index (κ1) is 38.9. The number of ether oxygens (including phenoxy) is 4. The van der Waals surface area contributed by atoms with E-state index in [4.69, 9.17) is 28.0 Å². The van der Waals surface area contributed by atoms with Gasteiger partial charge in [0.25, 0.3) is 0 Å². The van der Waals surface area contributed by atoms with Gasteiger partial charge in [-0.25, -0.2) is 4.57 Å². The number of carbonyl (C=O) groups is 2. The first-order chi connectivity index (χ1) is 27.0. The predicted molar refractivity (Wildman–Crippen MR) is 215 cm³/mol. The smallest absolute Gasteiger partial charge is 0.447 e. The molecule has 6 rings (SSSR count). The summed E-state index contributed by atoms with van der Waals surface area (Å²) in [6.45, 7) is 10.8. The van der Waals surface area contributed by atoms with Crippen LogP contribution in [0.25, 0.3) is 0 Å². The number of rotatable bonds is 18. The summed E-state index contributed by atoms with van der Waals surface area (Å²) in [7, 11) is -5.05. The molecule has 0 aliphatic carbocycles. The van der Waals surface area contributed by atoms with E-state index in [0.29, 0.717) is 33.8 Å². The fourth-order valence-electron chi connectivity index (χ4n) is 5.34. The number of ketones is 2. The minimum absolute atomic E-state index is 0.0349. The van der Waals surface area contributed by atoms with Crippen LogP contribution in [0, 0.1) is 0 Å². The van der Waals surface area contributed by atoms with Crippen LogP contribution in [0.3, 0.4) is 0 Å². The molecule has 0 fully saturated rings. The zero-order valence-electron chi connectivity index (χ0n) is 30.8. The molecule has 0 N–H and O–H groups in total. The van der Waals surface area contributed by atoms with Crippen LogP contribution in [0.4, 0.5) is 0 Å². The summed E-state index contributed by atoms with van der Waals surface area (Å²) in [5.41, 5.74) is -1.29. The Hall–Kier alpha value is -6.83. The standard InChI is InChI=1S/C46H39O9P/c1-33(2)43(47)35-25-29-40(30-26-35)53-46(52-39-21-13-7-14-22-39,45(50-37-17-9-5-10-18-37)51-38-19-11-6-12-20-38)56(49,54-41-23-15-8-16-24-41)55-42-31-27-36(28-32-42)44(48)34(3)4/h5-32,45H,1,3H2,2,4H3. The van der Waals surface area contributed by atoms with E-state index in [9.17, 15) is 9.59 Å². The lowest BCUT2D eigenvalue weighted by atomic mass is 10.1. The monoisotopic (exact) mass is 766 g/mol. The van der Waals surface area contributed by atoms with Crippen LogP contribution in [0.2, 0.25) is 0 Å². The summed E-state index contributed by atoms with van der Waals surface area (Å²) in [6, 6.07) is 46.5. The Morgan fingerprint density at radius 1 is 0.464 bits per heavy atom. The third-order valence-corrected chi connectivity index (χ3v) is 10.2. The average Bonchev–Trinajstić information content (AvgIpc) is 3.21. The lowest BCUT2D eigenvalue weighted by molar-refractivity contribution is -0.193. The number of para-hydroxylation sites is 4. The van der Waals surface area contributed by atoms with Crippen LogP contribution in [0.5, 0.6) is 34.5 Å². The summed E-state index contributed by atoms with van der Waals surface area (Å²) in [4.78, 5) is 25.6. The molecule has 2 unspecified atom stereocenters. The third kappa shape index (κ3) is 9.27. The van der Waals surface area contributed by atoms with E-state index in [1.54, 1.807) is 135 Å². The van der Waals surface area contributed by atoms with Gasteiger partial charge in [0.15, 0.2) is 11.6 Å². The van der Waals surface area contributed by atoms with Crippen LogP contribution in [0.15, 0.2) is 194 Å². The first-order valence-electron chi connectivity index (χ1n) is 17.6. The second-order valence-electron chi connectivity index (χ2n) is 12.6. The number of hydrogen-bond acceptors (Lipinski definition) is 9. The molecule has 0 bridgehead atoms. The van der Waals surface area contributed by atoms with Crippen molar-refractivity contribution in [2.75, 3.05) is 0 Å². The zero-order valence-corrected chi connectivity index (χ0v) is 31.7. The molecule has 9 nitrogen and oxygen atoms in total. The molecule has 56 heavy (non-hydrogen) atoms. The van der Waals surface area contributed by atoms with Gasteiger partial charge in [-0.1, -0.05) is 86.0 Å². The van der Waals surface area contributed by atoms with Gasteiger partial charge in [-0.05, 0) is 122 Å². The van der Waals surface area contributed by atoms with E-state index >= 15 is 4.57 Å². The van der Waals surface area contributed by atoms with Crippen molar-refractivity contribution in [1.29, 1.82) is 0 Å². The lowest BCUT2D eigenvalue weighted by Crippen LogP contribution is -2.59. The molecule has 6 aromatic rings. The Labute approximate surface area is 325 Å². The number of hydrogen-bond donors (Lipinski definition) is 0. The number of Topliss-reactive ketones (excluding diaryl/α,β-unsaturated/α-hetero) is 2. The maximum atomic E-state index is 16.4. The molecule has 0 aliphatic rings. The molecule has 0 saturated heterocycles. The SMILES string of the molecule is C=C(C)C(=O)c1ccc(OC(Oc2ccccc2)(C(Oc2ccccc2)Oc2ccccc2)P(=O)(Oc2ccccc2)Oc2ccc(C(=O)C(=C)C)cc2)cc1. The average molecular weight is 767 g/mol. The van der Waals surface area contributed by atoms with Gasteiger partial charge in [-0.2, -0.15) is 0 Å². The van der Waals surface area contributed by atoms with Crippen LogP contribution in [-0.4, -0.2) is 23.4 Å². The van der Waals surface area contributed by atoms with Gasteiger partial charge in [-0.15, -0.1) is 0 Å². The second-order valence-corrected chi connectivity index (χ2v) is 14.6. The van der Waals surface area contributed by atoms with Gasteiger partial charge in [0.2, 0.25) is 0 Å². The van der Waals surface area contributed by atoms with E-state index in [1.165, 1.54) is 36.4 Å². The van der Waals surface area contributed by atoms with Gasteiger partial charge in [0.05, 0.1) is 0 Å². The van der Waals surface area contributed by atoms with Crippen molar-refractivity contribution in [3.8, 4) is 34.5 Å². The normalized spacial score (nSPS) is 12.9. The number of benzene rings is 6. The van der Waals surface area contributed by atoms with E-state index in [-0.39, 0.29) is 34.6 Å². The van der Waals surface area contributed by atoms with Gasteiger partial charge in [-0.3, -0.25) is 9.59 Å². The van der Waals surface area contributed by atoms with E-state index < -0.39 is 19.4 Å². The van der Waals surface area contributed by atoms with Gasteiger partial charge < -0.3 is 28.0 Å². The molecule has 0 spiro atoms. The van der Waals surface area contributed by atoms with Crippen molar-refractivity contribution in [1.82, 2.24) is 0 Å². The highest BCUT2D eigenvalue weighted by Gasteiger charge is 2.69. The molecule has 6 aromatic carbocycles. The molecular weight excluding hydrogens is 727 g/mol. The summed E-state index contributed by atoms with van der Waals surface area (Å²) in [5.74, 6) is 0.498. The van der Waals surface area contributed by atoms with Gasteiger partial charge in [0.1, 0.15) is 34.5 Å². The predicted octanol–water partition coefficient (Wildman–Crippen LogP) is 11.2. The van der Waals surface area contributed by atoms with Crippen molar-refractivity contribution in [3.05, 3.63) is 205 Å². The Balaban J connectivity index is 1.62. The molecule has 10 heteroatoms. The van der Waals surface area contributed by atoms with Gasteiger partial charge in [0, 0.05) is 11.1 Å². The minimum Gasteiger partial charge on any atom is -0.447 e. The lowest BCUT2D eigenvalue weighted by Gasteiger charge is -2.41. The number of carbonyl (C=O) groups excluding carboxylic acids is 2. The minimum atomic E-state index is -5.05. The second kappa shape index (κ2) is 17.5. The topological polar surface area (TPSA) is 107 Å². The summed E-state index contributed by atoms with van der Waals surface area (Å²) in [5, 5.41) is 0. The van der Waals surface area contributed by atoms with Crippen molar-refractivity contribution < 1.29 is 42.1 Å². The van der Waals surface area contributed by atoms with Crippen LogP contribution in [0.1, 0.15) is 34.6 Å². The molecule has 0 saturated carbocycles. The molecular formula is C46H39O9P. The zero-order chi connectivity index (χ0) is 39.5. The van der Waals surface area contributed by atoms with Gasteiger partial charge >= 0.3 is 19.4 Å². The Bertz CT molecular complexity index is 2270. The molecule has 0 amide bonds. The molecule has 2 atom stereocenters. The van der Waals surface area contributed by atoms with Crippen molar-refractivity contribution in [3.63, 3.8) is 0 Å². The summed E-state index contributed by atoms with van der Waals surface area (Å²) < 4.78 is 56.2. The Morgan fingerprint density at radius 3 is 1.14 bits per heavy atom. The maximum absolute atomic E-state index is 16.4. The quantitative estimate of drug-likeness (QED) is 0.0366. The first-order valence-corrected chi connectivity index (χ1v) is 19.1. The fraction of sp³-hybridized carbons (Fsp3) is 0.0870. The highest BCUT2D eigenvalue weighted by molar-refractivity contribution is 7.56. The van der Waals surface area contributed by atoms with E-state index in [0.717, 1.165) is 0 Å². The Morgan fingerprint density at radius 2 is 0.768 bits per heavy atom. The maximum Gasteiger partial charge on any atom is 0.524 e. The van der Waals surface area contributed by atoms with Crippen LogP contribution < -0.4 is 28.0 Å². The number of allylic oxidation sites excluding steroid dienone is 2. The largest absolute Gasteiger partial charge is 0.524 e. The van der Waals surface area contributed by atoms with Crippen molar-refractivity contribution in [2.45, 2.75) is 25.7 Å². The highest BCUT2D eigenvalue weighted by atomic mass is 31.2. The molecule has 0 radical (unpaired) electrons.